The highest BCUT2D eigenvalue weighted by Gasteiger charge is 2.16. The van der Waals surface area contributed by atoms with E-state index < -0.39 is 5.97 Å². The summed E-state index contributed by atoms with van der Waals surface area (Å²) in [4.78, 5) is 11.3. The Balaban J connectivity index is 2.02. The SMILES string of the molecule is CC(C)n1ccc(Cn2nc(C(=O)O)c3ccccc32)n1. The molecule has 6 heteroatoms. The van der Waals surface area contributed by atoms with Crippen molar-refractivity contribution in [3.8, 4) is 0 Å². The molecule has 108 valence electrons. The maximum Gasteiger partial charge on any atom is 0.357 e. The molecule has 0 fully saturated rings. The van der Waals surface area contributed by atoms with Gasteiger partial charge in [-0.25, -0.2) is 4.79 Å². The van der Waals surface area contributed by atoms with Crippen molar-refractivity contribution < 1.29 is 9.90 Å². The Morgan fingerprint density at radius 1 is 1.24 bits per heavy atom. The summed E-state index contributed by atoms with van der Waals surface area (Å²) < 4.78 is 3.56. The lowest BCUT2D eigenvalue weighted by Crippen LogP contribution is -2.07. The van der Waals surface area contributed by atoms with Crippen LogP contribution in [0.25, 0.3) is 10.9 Å². The number of fused-ring (bicyclic) bond motifs is 1. The molecule has 0 saturated carbocycles. The Labute approximate surface area is 121 Å². The summed E-state index contributed by atoms with van der Waals surface area (Å²) in [5.41, 5.74) is 1.73. The zero-order valence-corrected chi connectivity index (χ0v) is 11.9. The van der Waals surface area contributed by atoms with Gasteiger partial charge < -0.3 is 5.11 Å². The smallest absolute Gasteiger partial charge is 0.357 e. The van der Waals surface area contributed by atoms with Crippen molar-refractivity contribution in [2.75, 3.05) is 0 Å². The van der Waals surface area contributed by atoms with E-state index in [0.29, 0.717) is 18.0 Å². The number of carbonyl (C=O) groups is 1. The molecule has 21 heavy (non-hydrogen) atoms. The summed E-state index contributed by atoms with van der Waals surface area (Å²) in [7, 11) is 0. The number of para-hydroxylation sites is 1. The van der Waals surface area contributed by atoms with Crippen LogP contribution in [0, 0.1) is 0 Å². The zero-order valence-electron chi connectivity index (χ0n) is 11.9. The average Bonchev–Trinajstić information content (AvgIpc) is 3.05. The van der Waals surface area contributed by atoms with Gasteiger partial charge in [0.15, 0.2) is 5.69 Å². The number of nitrogens with zero attached hydrogens (tertiary/aromatic N) is 4. The van der Waals surface area contributed by atoms with Crippen LogP contribution in [-0.4, -0.2) is 30.6 Å². The van der Waals surface area contributed by atoms with Crippen molar-refractivity contribution in [3.05, 3.63) is 47.9 Å². The van der Waals surface area contributed by atoms with Gasteiger partial charge in [0.25, 0.3) is 0 Å². The van der Waals surface area contributed by atoms with Gasteiger partial charge in [-0.2, -0.15) is 10.2 Å². The Morgan fingerprint density at radius 2 is 2.00 bits per heavy atom. The lowest BCUT2D eigenvalue weighted by molar-refractivity contribution is 0.0691. The molecule has 0 radical (unpaired) electrons. The van der Waals surface area contributed by atoms with Gasteiger partial charge in [0.05, 0.1) is 17.8 Å². The number of carboxylic acids is 1. The van der Waals surface area contributed by atoms with Crippen molar-refractivity contribution in [2.45, 2.75) is 26.4 Å². The molecule has 3 aromatic rings. The number of aromatic nitrogens is 4. The van der Waals surface area contributed by atoms with Crippen LogP contribution < -0.4 is 0 Å². The Hall–Kier alpha value is -2.63. The first-order valence-electron chi connectivity index (χ1n) is 6.79. The van der Waals surface area contributed by atoms with E-state index in [-0.39, 0.29) is 5.69 Å². The molecule has 3 rings (SSSR count). The van der Waals surface area contributed by atoms with Crippen LogP contribution in [0.3, 0.4) is 0 Å². The quantitative estimate of drug-likeness (QED) is 0.799. The standard InChI is InChI=1S/C15H16N4O2/c1-10(2)18-8-7-11(16-18)9-19-13-6-4-3-5-12(13)14(17-19)15(20)21/h3-8,10H,9H2,1-2H3,(H,20,21). The Bertz CT molecular complexity index is 801. The highest BCUT2D eigenvalue weighted by Crippen LogP contribution is 2.19. The van der Waals surface area contributed by atoms with Gasteiger partial charge >= 0.3 is 5.97 Å². The van der Waals surface area contributed by atoms with Crippen LogP contribution in [0.2, 0.25) is 0 Å². The van der Waals surface area contributed by atoms with E-state index in [0.717, 1.165) is 11.2 Å². The summed E-state index contributed by atoms with van der Waals surface area (Å²) in [5, 5.41) is 18.6. The van der Waals surface area contributed by atoms with Crippen molar-refractivity contribution in [2.24, 2.45) is 0 Å². The van der Waals surface area contributed by atoms with Crippen molar-refractivity contribution in [3.63, 3.8) is 0 Å². The third-order valence-corrected chi connectivity index (χ3v) is 3.36. The molecule has 0 bridgehead atoms. The number of rotatable bonds is 4. The summed E-state index contributed by atoms with van der Waals surface area (Å²) in [5.74, 6) is -1.02. The molecular formula is C15H16N4O2. The molecule has 0 spiro atoms. The Kier molecular flexibility index (Phi) is 3.21. The molecule has 1 aromatic carbocycles. The topological polar surface area (TPSA) is 72.9 Å². The van der Waals surface area contributed by atoms with Crippen LogP contribution in [0.1, 0.15) is 36.1 Å². The molecule has 2 aromatic heterocycles. The van der Waals surface area contributed by atoms with E-state index in [1.165, 1.54) is 0 Å². The van der Waals surface area contributed by atoms with Crippen LogP contribution in [-0.2, 0) is 6.54 Å². The summed E-state index contributed by atoms with van der Waals surface area (Å²) in [6.45, 7) is 4.57. The highest BCUT2D eigenvalue weighted by atomic mass is 16.4. The van der Waals surface area contributed by atoms with Crippen molar-refractivity contribution >= 4 is 16.9 Å². The van der Waals surface area contributed by atoms with Crippen molar-refractivity contribution in [1.82, 2.24) is 19.6 Å². The molecule has 0 aliphatic carbocycles. The fraction of sp³-hybridized carbons (Fsp3) is 0.267. The van der Waals surface area contributed by atoms with Gasteiger partial charge in [0.1, 0.15) is 0 Å². The molecule has 0 atom stereocenters. The Morgan fingerprint density at radius 3 is 2.67 bits per heavy atom. The lowest BCUT2D eigenvalue weighted by Gasteiger charge is -2.04. The van der Waals surface area contributed by atoms with E-state index in [1.807, 2.05) is 35.1 Å². The number of benzene rings is 1. The monoisotopic (exact) mass is 284 g/mol. The predicted octanol–water partition coefficient (Wildman–Crippen LogP) is 2.56. The maximum atomic E-state index is 11.3. The molecule has 0 saturated heterocycles. The molecule has 0 aliphatic rings. The molecule has 2 heterocycles. The van der Waals surface area contributed by atoms with Gasteiger partial charge in [0.2, 0.25) is 0 Å². The number of carboxylic acid groups (broad SMARTS) is 1. The van der Waals surface area contributed by atoms with Gasteiger partial charge in [0, 0.05) is 17.6 Å². The molecular weight excluding hydrogens is 268 g/mol. The van der Waals surface area contributed by atoms with Gasteiger partial charge in [-0.05, 0) is 26.0 Å². The van der Waals surface area contributed by atoms with E-state index in [2.05, 4.69) is 24.0 Å². The van der Waals surface area contributed by atoms with Crippen LogP contribution in [0.4, 0.5) is 0 Å². The van der Waals surface area contributed by atoms with E-state index in [1.54, 1.807) is 10.7 Å². The largest absolute Gasteiger partial charge is 0.476 e. The molecule has 6 nitrogen and oxygen atoms in total. The average molecular weight is 284 g/mol. The second-order valence-corrected chi connectivity index (χ2v) is 5.21. The fourth-order valence-electron chi connectivity index (χ4n) is 2.31. The molecule has 1 N–H and O–H groups in total. The van der Waals surface area contributed by atoms with E-state index in [4.69, 9.17) is 0 Å². The number of aromatic carboxylic acids is 1. The molecule has 0 unspecified atom stereocenters. The second kappa shape index (κ2) is 5.05. The van der Waals surface area contributed by atoms with E-state index >= 15 is 0 Å². The number of hydrogen-bond acceptors (Lipinski definition) is 3. The zero-order chi connectivity index (χ0) is 15.0. The molecule has 0 amide bonds. The van der Waals surface area contributed by atoms with Gasteiger partial charge in [-0.3, -0.25) is 9.36 Å². The third kappa shape index (κ3) is 2.40. The summed E-state index contributed by atoms with van der Waals surface area (Å²) >= 11 is 0. The minimum atomic E-state index is -1.02. The minimum absolute atomic E-state index is 0.0777. The third-order valence-electron chi connectivity index (χ3n) is 3.36. The minimum Gasteiger partial charge on any atom is -0.476 e. The molecule has 0 aliphatic heterocycles. The van der Waals surface area contributed by atoms with Crippen LogP contribution >= 0.6 is 0 Å². The van der Waals surface area contributed by atoms with Crippen LogP contribution in [0.5, 0.6) is 0 Å². The predicted molar refractivity (Wildman–Crippen MR) is 78.4 cm³/mol. The maximum absolute atomic E-state index is 11.3. The number of hydrogen-bond donors (Lipinski definition) is 1. The highest BCUT2D eigenvalue weighted by molar-refractivity contribution is 6.01. The first-order chi connectivity index (χ1) is 10.1. The van der Waals surface area contributed by atoms with Gasteiger partial charge in [-0.1, -0.05) is 18.2 Å². The van der Waals surface area contributed by atoms with Gasteiger partial charge in [-0.15, -0.1) is 0 Å². The summed E-state index contributed by atoms with van der Waals surface area (Å²) in [6.07, 6.45) is 1.92. The summed E-state index contributed by atoms with van der Waals surface area (Å²) in [6, 6.07) is 9.55. The lowest BCUT2D eigenvalue weighted by atomic mass is 10.2. The van der Waals surface area contributed by atoms with Crippen molar-refractivity contribution in [1.29, 1.82) is 0 Å². The van der Waals surface area contributed by atoms with Crippen LogP contribution in [0.15, 0.2) is 36.5 Å². The fourth-order valence-corrected chi connectivity index (χ4v) is 2.31. The first-order valence-corrected chi connectivity index (χ1v) is 6.79. The van der Waals surface area contributed by atoms with E-state index in [9.17, 15) is 9.90 Å². The first kappa shape index (κ1) is 13.4. The normalized spacial score (nSPS) is 11.4. The second-order valence-electron chi connectivity index (χ2n) is 5.21.